The summed E-state index contributed by atoms with van der Waals surface area (Å²) in [5.41, 5.74) is 0. The molecule has 0 aliphatic carbocycles. The van der Waals surface area contributed by atoms with Gasteiger partial charge in [0.15, 0.2) is 0 Å². The Bertz CT molecular complexity index is 409. The van der Waals surface area contributed by atoms with Crippen LogP contribution in [-0.4, -0.2) is 15.9 Å². The predicted octanol–water partition coefficient (Wildman–Crippen LogP) is 2.42. The van der Waals surface area contributed by atoms with E-state index in [4.69, 9.17) is 0 Å². The van der Waals surface area contributed by atoms with Gasteiger partial charge in [0.2, 0.25) is 5.82 Å². The number of imidazole rings is 1. The molecule has 15 heavy (non-hydrogen) atoms. The summed E-state index contributed by atoms with van der Waals surface area (Å²) in [4.78, 5) is 4.14. The van der Waals surface area contributed by atoms with Crippen molar-refractivity contribution in [2.45, 2.75) is 32.2 Å². The van der Waals surface area contributed by atoms with Crippen molar-refractivity contribution in [2.75, 3.05) is 0 Å². The van der Waals surface area contributed by atoms with Gasteiger partial charge < -0.3 is 0 Å². The van der Waals surface area contributed by atoms with Crippen LogP contribution in [0.25, 0.3) is 0 Å². The van der Waals surface area contributed by atoms with E-state index in [1.807, 2.05) is 6.21 Å². The maximum atomic E-state index is 4.29. The summed E-state index contributed by atoms with van der Waals surface area (Å²) in [5.74, 6) is 6.76. The topological polar surface area (TPSA) is 30.2 Å². The van der Waals surface area contributed by atoms with E-state index in [-0.39, 0.29) is 0 Å². The van der Waals surface area contributed by atoms with Gasteiger partial charge in [-0.15, -0.1) is 12.6 Å². The molecular formula is C11H15N3S. The second kappa shape index (κ2) is 5.62. The van der Waals surface area contributed by atoms with Crippen LogP contribution in [0.4, 0.5) is 0 Å². The van der Waals surface area contributed by atoms with E-state index in [9.17, 15) is 0 Å². The van der Waals surface area contributed by atoms with Gasteiger partial charge in [-0.1, -0.05) is 19.8 Å². The van der Waals surface area contributed by atoms with Crippen LogP contribution in [-0.2, 0) is 0 Å². The van der Waals surface area contributed by atoms with Gasteiger partial charge in [0.25, 0.3) is 0 Å². The maximum Gasteiger partial charge on any atom is 0.207 e. The van der Waals surface area contributed by atoms with Gasteiger partial charge in [-0.2, -0.15) is 5.10 Å². The third kappa shape index (κ3) is 3.45. The first kappa shape index (κ1) is 11.9. The van der Waals surface area contributed by atoms with Crippen LogP contribution >= 0.6 is 12.6 Å². The van der Waals surface area contributed by atoms with Crippen molar-refractivity contribution >= 4 is 18.8 Å². The molecule has 0 aromatic carbocycles. The fourth-order valence-electron chi connectivity index (χ4n) is 0.935. The van der Waals surface area contributed by atoms with E-state index in [1.54, 1.807) is 17.8 Å². The van der Waals surface area contributed by atoms with Crippen molar-refractivity contribution in [1.82, 2.24) is 9.66 Å². The highest BCUT2D eigenvalue weighted by molar-refractivity contribution is 7.80. The van der Waals surface area contributed by atoms with Crippen molar-refractivity contribution in [3.63, 3.8) is 0 Å². The second-order valence-electron chi connectivity index (χ2n) is 3.29. The number of aromatic nitrogens is 2. The quantitative estimate of drug-likeness (QED) is 0.474. The van der Waals surface area contributed by atoms with Crippen molar-refractivity contribution in [3.8, 4) is 11.8 Å². The Labute approximate surface area is 96.0 Å². The number of hydrogen-bond donors (Lipinski definition) is 1. The molecule has 0 aliphatic rings. The number of nitrogens with zero attached hydrogens (tertiary/aromatic N) is 3. The fourth-order valence-corrected chi connectivity index (χ4v) is 1.14. The molecule has 1 aromatic heterocycles. The van der Waals surface area contributed by atoms with Gasteiger partial charge in [0, 0.05) is 6.21 Å². The summed E-state index contributed by atoms with van der Waals surface area (Å²) < 4.78 is 1.66. The van der Waals surface area contributed by atoms with Crippen molar-refractivity contribution in [3.05, 3.63) is 12.0 Å². The summed E-state index contributed by atoms with van der Waals surface area (Å²) in [7, 11) is 0. The van der Waals surface area contributed by atoms with Crippen molar-refractivity contribution in [1.29, 1.82) is 0 Å². The molecule has 0 radical (unpaired) electrons. The molecule has 1 rings (SSSR count). The minimum absolute atomic E-state index is 0.457. The molecule has 0 saturated heterocycles. The molecule has 0 fully saturated rings. The van der Waals surface area contributed by atoms with Gasteiger partial charge in [-0.05, 0) is 25.2 Å². The monoisotopic (exact) mass is 221 g/mol. The standard InChI is InChI=1S/C11H15N3S/c1-4-6-10-13-11(15)8-14(10)12-7-9(3)5-2/h7-9,15H,5H2,1-3H3/b12-7-. The molecule has 0 saturated carbocycles. The summed E-state index contributed by atoms with van der Waals surface area (Å²) in [6, 6.07) is 0. The Morgan fingerprint density at radius 3 is 3.07 bits per heavy atom. The van der Waals surface area contributed by atoms with Gasteiger partial charge in [0.05, 0.1) is 6.20 Å². The Morgan fingerprint density at radius 1 is 1.73 bits per heavy atom. The number of hydrogen-bond acceptors (Lipinski definition) is 3. The van der Waals surface area contributed by atoms with Crippen LogP contribution in [0.5, 0.6) is 0 Å². The van der Waals surface area contributed by atoms with E-state index >= 15 is 0 Å². The van der Waals surface area contributed by atoms with Crippen LogP contribution in [0.2, 0.25) is 0 Å². The zero-order valence-electron chi connectivity index (χ0n) is 9.23. The molecule has 1 aromatic rings. The Morgan fingerprint density at radius 2 is 2.47 bits per heavy atom. The predicted molar refractivity (Wildman–Crippen MR) is 65.4 cm³/mol. The molecular weight excluding hydrogens is 206 g/mol. The first-order valence-corrected chi connectivity index (χ1v) is 5.37. The third-order valence-corrected chi connectivity index (χ3v) is 2.22. The highest BCUT2D eigenvalue weighted by Crippen LogP contribution is 2.06. The van der Waals surface area contributed by atoms with Gasteiger partial charge >= 0.3 is 0 Å². The molecule has 1 heterocycles. The van der Waals surface area contributed by atoms with E-state index in [0.717, 1.165) is 6.42 Å². The molecule has 3 nitrogen and oxygen atoms in total. The molecule has 1 atom stereocenters. The molecule has 0 aliphatic heterocycles. The van der Waals surface area contributed by atoms with Gasteiger partial charge in [0.1, 0.15) is 5.03 Å². The minimum Gasteiger partial charge on any atom is -0.213 e. The summed E-state index contributed by atoms with van der Waals surface area (Å²) in [6.07, 6.45) is 4.72. The minimum atomic E-state index is 0.457. The maximum absolute atomic E-state index is 4.29. The first-order valence-electron chi connectivity index (χ1n) is 4.93. The van der Waals surface area contributed by atoms with Crippen LogP contribution in [0, 0.1) is 17.8 Å². The molecule has 1 unspecified atom stereocenters. The molecule has 4 heteroatoms. The zero-order chi connectivity index (χ0) is 11.3. The third-order valence-electron chi connectivity index (χ3n) is 2.00. The fraction of sp³-hybridized carbons (Fsp3) is 0.455. The molecule has 80 valence electrons. The highest BCUT2D eigenvalue weighted by atomic mass is 32.1. The molecule has 0 amide bonds. The summed E-state index contributed by atoms with van der Waals surface area (Å²) >= 11 is 4.16. The number of rotatable bonds is 3. The Balaban J connectivity index is 2.91. The number of thiol groups is 1. The lowest BCUT2D eigenvalue weighted by Gasteiger charge is -1.99. The average molecular weight is 221 g/mol. The molecule has 0 bridgehead atoms. The SMILES string of the molecule is CC#Cc1nc(S)cn1/N=C\C(C)CC. The van der Waals surface area contributed by atoms with Crippen LogP contribution in [0.15, 0.2) is 16.3 Å². The van der Waals surface area contributed by atoms with Crippen LogP contribution in [0.3, 0.4) is 0 Å². The van der Waals surface area contributed by atoms with E-state index in [0.29, 0.717) is 16.8 Å². The van der Waals surface area contributed by atoms with E-state index < -0.39 is 0 Å². The Hall–Kier alpha value is -1.21. The zero-order valence-corrected chi connectivity index (χ0v) is 10.1. The van der Waals surface area contributed by atoms with Gasteiger partial charge in [-0.3, -0.25) is 0 Å². The van der Waals surface area contributed by atoms with E-state index in [2.05, 4.69) is 48.4 Å². The highest BCUT2D eigenvalue weighted by Gasteiger charge is 2.01. The summed E-state index contributed by atoms with van der Waals surface area (Å²) in [6.45, 7) is 6.02. The largest absolute Gasteiger partial charge is 0.213 e. The van der Waals surface area contributed by atoms with Crippen molar-refractivity contribution < 1.29 is 0 Å². The summed E-state index contributed by atoms with van der Waals surface area (Å²) in [5, 5.41) is 4.93. The average Bonchev–Trinajstić information content (AvgIpc) is 2.56. The van der Waals surface area contributed by atoms with Crippen molar-refractivity contribution in [2.24, 2.45) is 11.0 Å². The lowest BCUT2D eigenvalue weighted by Crippen LogP contribution is -1.98. The lowest BCUT2D eigenvalue weighted by atomic mass is 10.1. The van der Waals surface area contributed by atoms with Crippen LogP contribution in [0.1, 0.15) is 33.0 Å². The van der Waals surface area contributed by atoms with Gasteiger partial charge in [-0.25, -0.2) is 9.66 Å². The smallest absolute Gasteiger partial charge is 0.207 e. The molecule has 0 spiro atoms. The van der Waals surface area contributed by atoms with Crippen LogP contribution < -0.4 is 0 Å². The van der Waals surface area contributed by atoms with E-state index in [1.165, 1.54) is 0 Å². The second-order valence-corrected chi connectivity index (χ2v) is 3.75. The lowest BCUT2D eigenvalue weighted by molar-refractivity contribution is 0.737. The normalized spacial score (nSPS) is 12.5. The first-order chi connectivity index (χ1) is 7.17. The Kier molecular flexibility index (Phi) is 4.44. The molecule has 0 N–H and O–H groups in total.